The van der Waals surface area contributed by atoms with Crippen molar-refractivity contribution >= 4 is 39.9 Å². The highest BCUT2D eigenvalue weighted by Gasteiger charge is 2.16. The third kappa shape index (κ3) is 6.02. The van der Waals surface area contributed by atoms with Crippen LogP contribution in [0.2, 0.25) is 0 Å². The fourth-order valence-electron chi connectivity index (χ4n) is 3.09. The lowest BCUT2D eigenvalue weighted by Gasteiger charge is -2.17. The Hall–Kier alpha value is -3.45. The predicted octanol–water partition coefficient (Wildman–Crippen LogP) is 3.49. The summed E-state index contributed by atoms with van der Waals surface area (Å²) in [6.07, 6.45) is -0.576. The molecule has 160 valence electrons. The minimum absolute atomic E-state index is 0.0111. The zero-order valence-electron chi connectivity index (χ0n) is 17.7. The van der Waals surface area contributed by atoms with Gasteiger partial charge in [0.05, 0.1) is 6.42 Å². The van der Waals surface area contributed by atoms with Gasteiger partial charge in [-0.05, 0) is 72.6 Å². The minimum Gasteiger partial charge on any atom is -0.481 e. The van der Waals surface area contributed by atoms with Gasteiger partial charge < -0.3 is 10.1 Å². The van der Waals surface area contributed by atoms with E-state index in [1.54, 1.807) is 6.92 Å². The maximum Gasteiger partial charge on any atom is 0.279 e. The van der Waals surface area contributed by atoms with E-state index in [1.807, 2.05) is 74.5 Å². The number of nitrogens with one attached hydrogen (secondary N) is 3. The number of fused-ring (bicyclic) bond motifs is 1. The van der Waals surface area contributed by atoms with E-state index >= 15 is 0 Å². The van der Waals surface area contributed by atoms with Gasteiger partial charge in [-0.15, -0.1) is 0 Å². The monoisotopic (exact) mass is 435 g/mol. The summed E-state index contributed by atoms with van der Waals surface area (Å²) in [4.78, 5) is 24.6. The van der Waals surface area contributed by atoms with Gasteiger partial charge >= 0.3 is 0 Å². The SMILES string of the molecule is Cc1ccc(OC(C)C(=O)NNC(=S)NC(=O)Cc2cccc3ccccc23)cc1C. The molecular weight excluding hydrogens is 410 g/mol. The number of hydrogen-bond acceptors (Lipinski definition) is 4. The second-order valence-corrected chi connectivity index (χ2v) is 7.72. The Kier molecular flexibility index (Phi) is 7.20. The molecule has 3 N–H and O–H groups in total. The Morgan fingerprint density at radius 1 is 0.968 bits per heavy atom. The molecule has 0 aromatic heterocycles. The van der Waals surface area contributed by atoms with Crippen molar-refractivity contribution in [2.75, 3.05) is 0 Å². The van der Waals surface area contributed by atoms with E-state index in [4.69, 9.17) is 17.0 Å². The number of thiocarbonyl (C=S) groups is 1. The number of aryl methyl sites for hydroxylation is 2. The molecule has 0 fully saturated rings. The molecule has 0 aliphatic heterocycles. The molecule has 0 saturated heterocycles. The highest BCUT2D eigenvalue weighted by molar-refractivity contribution is 7.80. The lowest BCUT2D eigenvalue weighted by molar-refractivity contribution is -0.128. The van der Waals surface area contributed by atoms with Gasteiger partial charge in [0.1, 0.15) is 5.75 Å². The van der Waals surface area contributed by atoms with E-state index in [-0.39, 0.29) is 17.4 Å². The zero-order chi connectivity index (χ0) is 22.4. The molecule has 0 spiro atoms. The van der Waals surface area contributed by atoms with E-state index in [2.05, 4.69) is 16.2 Å². The van der Waals surface area contributed by atoms with Crippen molar-refractivity contribution in [1.29, 1.82) is 0 Å². The molecule has 3 rings (SSSR count). The number of ether oxygens (including phenoxy) is 1. The highest BCUT2D eigenvalue weighted by atomic mass is 32.1. The fraction of sp³-hybridized carbons (Fsp3) is 0.208. The lowest BCUT2D eigenvalue weighted by Crippen LogP contribution is -2.51. The second kappa shape index (κ2) is 10.0. The molecule has 0 aliphatic carbocycles. The molecule has 0 heterocycles. The van der Waals surface area contributed by atoms with E-state index in [1.165, 1.54) is 0 Å². The number of rotatable bonds is 5. The molecule has 1 unspecified atom stereocenters. The number of carbonyl (C=O) groups excluding carboxylic acids is 2. The number of hydrazine groups is 1. The summed E-state index contributed by atoms with van der Waals surface area (Å²) in [5.41, 5.74) is 8.13. The largest absolute Gasteiger partial charge is 0.481 e. The summed E-state index contributed by atoms with van der Waals surface area (Å²) in [5, 5.41) is 4.67. The molecule has 0 bridgehead atoms. The van der Waals surface area contributed by atoms with Crippen LogP contribution in [0.15, 0.2) is 60.7 Å². The Bertz CT molecular complexity index is 1120. The highest BCUT2D eigenvalue weighted by Crippen LogP contribution is 2.19. The van der Waals surface area contributed by atoms with Gasteiger partial charge in [0.15, 0.2) is 11.2 Å². The van der Waals surface area contributed by atoms with Crippen LogP contribution in [-0.2, 0) is 16.0 Å². The quantitative estimate of drug-likeness (QED) is 0.422. The van der Waals surface area contributed by atoms with Crippen LogP contribution >= 0.6 is 12.2 Å². The van der Waals surface area contributed by atoms with Crippen LogP contribution in [0.25, 0.3) is 10.8 Å². The van der Waals surface area contributed by atoms with E-state index in [9.17, 15) is 9.59 Å². The van der Waals surface area contributed by atoms with Crippen molar-refractivity contribution in [3.8, 4) is 5.75 Å². The van der Waals surface area contributed by atoms with Crippen molar-refractivity contribution in [3.63, 3.8) is 0 Å². The third-order valence-electron chi connectivity index (χ3n) is 4.94. The molecular formula is C24H25N3O3S. The smallest absolute Gasteiger partial charge is 0.279 e. The average molecular weight is 436 g/mol. The van der Waals surface area contributed by atoms with Crippen molar-refractivity contribution in [2.45, 2.75) is 33.3 Å². The zero-order valence-corrected chi connectivity index (χ0v) is 18.5. The second-order valence-electron chi connectivity index (χ2n) is 7.31. The molecule has 31 heavy (non-hydrogen) atoms. The van der Waals surface area contributed by atoms with Gasteiger partial charge in [0.25, 0.3) is 5.91 Å². The lowest BCUT2D eigenvalue weighted by atomic mass is 10.0. The van der Waals surface area contributed by atoms with Gasteiger partial charge in [-0.1, -0.05) is 48.5 Å². The van der Waals surface area contributed by atoms with Gasteiger partial charge in [0, 0.05) is 0 Å². The molecule has 0 aliphatic rings. The van der Waals surface area contributed by atoms with E-state index in [0.29, 0.717) is 5.75 Å². The average Bonchev–Trinajstić information content (AvgIpc) is 2.74. The van der Waals surface area contributed by atoms with Gasteiger partial charge in [-0.25, -0.2) is 0 Å². The first kappa shape index (κ1) is 22.2. The van der Waals surface area contributed by atoms with Crippen LogP contribution in [0.4, 0.5) is 0 Å². The molecule has 0 saturated carbocycles. The van der Waals surface area contributed by atoms with Gasteiger partial charge in [-0.2, -0.15) is 0 Å². The topological polar surface area (TPSA) is 79.5 Å². The van der Waals surface area contributed by atoms with Crippen LogP contribution in [0, 0.1) is 13.8 Å². The summed E-state index contributed by atoms with van der Waals surface area (Å²) < 4.78 is 5.66. The van der Waals surface area contributed by atoms with Crippen molar-refractivity contribution in [2.24, 2.45) is 0 Å². The van der Waals surface area contributed by atoms with E-state index in [0.717, 1.165) is 27.5 Å². The molecule has 1 atom stereocenters. The molecule has 3 aromatic carbocycles. The standard InChI is InChI=1S/C24H25N3O3S/c1-15-11-12-20(13-16(15)2)30-17(3)23(29)26-27-24(31)25-22(28)14-19-9-6-8-18-7-4-5-10-21(18)19/h4-13,17H,14H2,1-3H3,(H,26,29)(H2,25,27,28,31). The summed E-state index contributed by atoms with van der Waals surface area (Å²) in [7, 11) is 0. The summed E-state index contributed by atoms with van der Waals surface area (Å²) in [6, 6.07) is 19.3. The Morgan fingerprint density at radius 3 is 2.48 bits per heavy atom. The van der Waals surface area contributed by atoms with E-state index < -0.39 is 12.0 Å². The van der Waals surface area contributed by atoms with Crippen LogP contribution < -0.4 is 20.9 Å². The summed E-state index contributed by atoms with van der Waals surface area (Å²) >= 11 is 5.11. The van der Waals surface area contributed by atoms with Crippen molar-refractivity contribution in [1.82, 2.24) is 16.2 Å². The molecule has 2 amide bonds. The number of hydrogen-bond donors (Lipinski definition) is 3. The summed E-state index contributed by atoms with van der Waals surface area (Å²) in [6.45, 7) is 5.62. The number of benzene rings is 3. The van der Waals surface area contributed by atoms with Crippen LogP contribution in [-0.4, -0.2) is 23.0 Å². The first-order valence-corrected chi connectivity index (χ1v) is 10.3. The van der Waals surface area contributed by atoms with Crippen LogP contribution in [0.3, 0.4) is 0 Å². The minimum atomic E-state index is -0.746. The van der Waals surface area contributed by atoms with Gasteiger partial charge in [-0.3, -0.25) is 20.4 Å². The Labute approximate surface area is 187 Å². The fourth-order valence-corrected chi connectivity index (χ4v) is 3.25. The third-order valence-corrected chi connectivity index (χ3v) is 5.15. The first-order chi connectivity index (χ1) is 14.8. The Morgan fingerprint density at radius 2 is 1.71 bits per heavy atom. The first-order valence-electron chi connectivity index (χ1n) is 9.93. The predicted molar refractivity (Wildman–Crippen MR) is 126 cm³/mol. The van der Waals surface area contributed by atoms with Crippen LogP contribution in [0.1, 0.15) is 23.6 Å². The maximum atomic E-state index is 12.4. The normalized spacial score (nSPS) is 11.5. The number of amides is 2. The molecule has 7 heteroatoms. The summed E-state index contributed by atoms with van der Waals surface area (Å²) in [5.74, 6) is -0.0804. The van der Waals surface area contributed by atoms with Crippen molar-refractivity contribution in [3.05, 3.63) is 77.4 Å². The molecule has 3 aromatic rings. The maximum absolute atomic E-state index is 12.4. The van der Waals surface area contributed by atoms with Crippen molar-refractivity contribution < 1.29 is 14.3 Å². The Balaban J connectivity index is 1.48. The molecule has 6 nitrogen and oxygen atoms in total. The van der Waals surface area contributed by atoms with Gasteiger partial charge in [0.2, 0.25) is 5.91 Å². The van der Waals surface area contributed by atoms with Crippen LogP contribution in [0.5, 0.6) is 5.75 Å². The molecule has 0 radical (unpaired) electrons. The number of carbonyl (C=O) groups is 2.